The third kappa shape index (κ3) is 5.99. The lowest BCUT2D eigenvalue weighted by atomic mass is 9.99. The minimum Gasteiger partial charge on any atom is -0.400 e. The van der Waals surface area contributed by atoms with E-state index >= 15 is 0 Å². The molecule has 3 N–H and O–H groups in total. The van der Waals surface area contributed by atoms with Crippen LogP contribution in [-0.2, 0) is 9.53 Å². The molecule has 1 aliphatic carbocycles. The van der Waals surface area contributed by atoms with Crippen molar-refractivity contribution in [3.8, 4) is 0 Å². The summed E-state index contributed by atoms with van der Waals surface area (Å²) in [7, 11) is 1.00. The van der Waals surface area contributed by atoms with Gasteiger partial charge in [-0.3, -0.25) is 4.79 Å². The van der Waals surface area contributed by atoms with E-state index in [1.807, 2.05) is 19.2 Å². The van der Waals surface area contributed by atoms with Crippen LogP contribution in [0, 0.1) is 5.92 Å². The number of nitrogens with one attached hydrogen (secondary N) is 2. The van der Waals surface area contributed by atoms with Gasteiger partial charge in [0, 0.05) is 32.0 Å². The van der Waals surface area contributed by atoms with Gasteiger partial charge in [-0.1, -0.05) is 18.9 Å². The van der Waals surface area contributed by atoms with Crippen LogP contribution in [-0.4, -0.2) is 37.0 Å². The first-order valence-electron chi connectivity index (χ1n) is 7.80. The number of aliphatic hydroxyl groups excluding tert-OH is 1. The maximum Gasteiger partial charge on any atom is 0.271 e. The van der Waals surface area contributed by atoms with Crippen molar-refractivity contribution >= 4 is 11.6 Å². The van der Waals surface area contributed by atoms with Crippen LogP contribution < -0.4 is 10.7 Å². The predicted molar refractivity (Wildman–Crippen MR) is 87.1 cm³/mol. The van der Waals surface area contributed by atoms with E-state index < -0.39 is 0 Å². The average molecular weight is 309 g/mol. The van der Waals surface area contributed by atoms with Crippen molar-refractivity contribution in [2.75, 3.05) is 20.3 Å². The molecule has 2 aliphatic rings. The van der Waals surface area contributed by atoms with Crippen LogP contribution >= 0.6 is 0 Å². The van der Waals surface area contributed by atoms with Crippen molar-refractivity contribution in [2.45, 2.75) is 39.0 Å². The lowest BCUT2D eigenvalue weighted by molar-refractivity contribution is -0.118. The summed E-state index contributed by atoms with van der Waals surface area (Å²) in [5.41, 5.74) is 4.29. The van der Waals surface area contributed by atoms with Crippen LogP contribution in [0.15, 0.2) is 29.2 Å². The maximum atomic E-state index is 12.1. The standard InChI is InChI=1S/C15H23N3O2.CH4O/c1-2-20-11-13-10-16-9-5-8-14(17-18-15(13)19)12-6-3-4-7-12;1-2/h5,9-10,12,16H,2-4,6-8,11H2,1H3,(H,18,19);2H,1H3/b9-5+,13-10-,17-14+;. The summed E-state index contributed by atoms with van der Waals surface area (Å²) in [4.78, 5) is 12.1. The molecule has 6 heteroatoms. The molecular formula is C16H27N3O3. The second-order valence-corrected chi connectivity index (χ2v) is 5.11. The van der Waals surface area contributed by atoms with Gasteiger partial charge in [0.2, 0.25) is 0 Å². The highest BCUT2D eigenvalue weighted by atomic mass is 16.5. The fourth-order valence-corrected chi connectivity index (χ4v) is 2.54. The topological polar surface area (TPSA) is 83.0 Å². The summed E-state index contributed by atoms with van der Waals surface area (Å²) in [6, 6.07) is 0. The average Bonchev–Trinajstić information content (AvgIpc) is 3.08. The molecule has 1 saturated carbocycles. The molecule has 1 aliphatic heterocycles. The minimum absolute atomic E-state index is 0.197. The van der Waals surface area contributed by atoms with Crippen molar-refractivity contribution < 1.29 is 14.6 Å². The van der Waals surface area contributed by atoms with Crippen molar-refractivity contribution in [3.63, 3.8) is 0 Å². The van der Waals surface area contributed by atoms with Gasteiger partial charge in [-0.2, -0.15) is 5.10 Å². The molecule has 1 amide bonds. The molecule has 6 nitrogen and oxygen atoms in total. The van der Waals surface area contributed by atoms with Gasteiger partial charge in [0.25, 0.3) is 5.91 Å². The monoisotopic (exact) mass is 309 g/mol. The number of aliphatic hydroxyl groups is 1. The molecule has 0 saturated heterocycles. The first kappa shape index (κ1) is 18.4. The van der Waals surface area contributed by atoms with Crippen LogP contribution in [0.3, 0.4) is 0 Å². The van der Waals surface area contributed by atoms with Gasteiger partial charge >= 0.3 is 0 Å². The van der Waals surface area contributed by atoms with Gasteiger partial charge in [-0.15, -0.1) is 0 Å². The molecule has 0 aromatic rings. The van der Waals surface area contributed by atoms with Crippen LogP contribution in [0.25, 0.3) is 0 Å². The zero-order valence-electron chi connectivity index (χ0n) is 13.5. The van der Waals surface area contributed by atoms with E-state index in [1.165, 1.54) is 25.7 Å². The summed E-state index contributed by atoms with van der Waals surface area (Å²) >= 11 is 0. The Balaban J connectivity index is 0.00000116. The smallest absolute Gasteiger partial charge is 0.271 e. The highest BCUT2D eigenvalue weighted by Crippen LogP contribution is 2.27. The first-order chi connectivity index (χ1) is 10.8. The molecule has 0 bridgehead atoms. The SMILES string of the molecule is CCOC/C1=C/N/C=C/C/C(C2CCCC2)=N\NC1=O.CO. The van der Waals surface area contributed by atoms with Gasteiger partial charge in [0.15, 0.2) is 0 Å². The van der Waals surface area contributed by atoms with Crippen LogP contribution in [0.2, 0.25) is 0 Å². The van der Waals surface area contributed by atoms with E-state index in [0.717, 1.165) is 19.2 Å². The molecule has 0 radical (unpaired) electrons. The van der Waals surface area contributed by atoms with E-state index in [4.69, 9.17) is 9.84 Å². The molecule has 22 heavy (non-hydrogen) atoms. The Morgan fingerprint density at radius 3 is 2.77 bits per heavy atom. The predicted octanol–water partition coefficient (Wildman–Crippen LogP) is 1.68. The summed E-state index contributed by atoms with van der Waals surface area (Å²) in [5, 5.41) is 14.4. The molecule has 0 atom stereocenters. The number of allylic oxidation sites excluding steroid dienone is 1. The first-order valence-corrected chi connectivity index (χ1v) is 7.80. The molecule has 0 aromatic carbocycles. The maximum absolute atomic E-state index is 12.1. The Morgan fingerprint density at radius 1 is 1.36 bits per heavy atom. The van der Waals surface area contributed by atoms with Crippen LogP contribution in [0.1, 0.15) is 39.0 Å². The van der Waals surface area contributed by atoms with Crippen LogP contribution in [0.4, 0.5) is 0 Å². The molecule has 0 aromatic heterocycles. The Hall–Kier alpha value is -1.66. The molecular weight excluding hydrogens is 282 g/mol. The second-order valence-electron chi connectivity index (χ2n) is 5.11. The van der Waals surface area contributed by atoms with Crippen molar-refractivity contribution in [1.82, 2.24) is 10.7 Å². The Kier molecular flexibility index (Phi) is 9.18. The highest BCUT2D eigenvalue weighted by Gasteiger charge is 2.21. The number of nitrogens with zero attached hydrogens (tertiary/aromatic N) is 1. The van der Waals surface area contributed by atoms with Crippen molar-refractivity contribution in [1.29, 1.82) is 0 Å². The number of carbonyl (C=O) groups excluding carboxylic acids is 1. The number of amides is 1. The van der Waals surface area contributed by atoms with Gasteiger partial charge in [0.05, 0.1) is 12.2 Å². The molecule has 2 rings (SSSR count). The fraction of sp³-hybridized carbons (Fsp3) is 0.625. The van der Waals surface area contributed by atoms with Gasteiger partial charge in [-0.25, -0.2) is 5.43 Å². The number of hydrogen-bond acceptors (Lipinski definition) is 5. The highest BCUT2D eigenvalue weighted by molar-refractivity contribution is 5.95. The number of rotatable bonds is 4. The molecule has 0 unspecified atom stereocenters. The zero-order chi connectivity index (χ0) is 16.2. The van der Waals surface area contributed by atoms with E-state index in [-0.39, 0.29) is 12.5 Å². The number of hydrazone groups is 1. The third-order valence-electron chi connectivity index (χ3n) is 3.68. The largest absolute Gasteiger partial charge is 0.400 e. The Labute approximate surface area is 132 Å². The number of ether oxygens (including phenoxy) is 1. The van der Waals surface area contributed by atoms with Gasteiger partial charge in [0.1, 0.15) is 0 Å². The summed E-state index contributed by atoms with van der Waals surface area (Å²) in [6.45, 7) is 2.77. The molecule has 124 valence electrons. The van der Waals surface area contributed by atoms with Crippen molar-refractivity contribution in [3.05, 3.63) is 24.0 Å². The Morgan fingerprint density at radius 2 is 2.09 bits per heavy atom. The Bertz CT molecular complexity index is 424. The van der Waals surface area contributed by atoms with Crippen LogP contribution in [0.5, 0.6) is 0 Å². The lowest BCUT2D eigenvalue weighted by Gasteiger charge is -2.14. The number of hydrogen-bond donors (Lipinski definition) is 3. The molecule has 1 heterocycles. The summed E-state index contributed by atoms with van der Waals surface area (Å²) < 4.78 is 5.30. The van der Waals surface area contributed by atoms with E-state index in [9.17, 15) is 4.79 Å². The van der Waals surface area contributed by atoms with Gasteiger partial charge < -0.3 is 15.2 Å². The molecule has 1 fully saturated rings. The zero-order valence-corrected chi connectivity index (χ0v) is 13.5. The fourth-order valence-electron chi connectivity index (χ4n) is 2.54. The lowest BCUT2D eigenvalue weighted by Crippen LogP contribution is -2.27. The second kappa shape index (κ2) is 11.0. The van der Waals surface area contributed by atoms with Gasteiger partial charge in [-0.05, 0) is 31.9 Å². The summed E-state index contributed by atoms with van der Waals surface area (Å²) in [5.74, 6) is 0.315. The van der Waals surface area contributed by atoms with E-state index in [1.54, 1.807) is 6.20 Å². The third-order valence-corrected chi connectivity index (χ3v) is 3.68. The molecule has 0 spiro atoms. The van der Waals surface area contributed by atoms with E-state index in [0.29, 0.717) is 18.1 Å². The minimum atomic E-state index is -0.197. The summed E-state index contributed by atoms with van der Waals surface area (Å²) in [6.07, 6.45) is 11.2. The normalized spacial score (nSPS) is 25.5. The van der Waals surface area contributed by atoms with E-state index in [2.05, 4.69) is 15.8 Å². The van der Waals surface area contributed by atoms with Crippen molar-refractivity contribution in [2.24, 2.45) is 11.0 Å². The number of carbonyl (C=O) groups is 1. The quantitative estimate of drug-likeness (QED) is 0.738.